The third-order valence-electron chi connectivity index (χ3n) is 3.98. The van der Waals surface area contributed by atoms with Crippen LogP contribution in [0.3, 0.4) is 0 Å². The summed E-state index contributed by atoms with van der Waals surface area (Å²) in [5.41, 5.74) is 3.68. The molecule has 3 nitrogen and oxygen atoms in total. The highest BCUT2D eigenvalue weighted by atomic mass is 32.2. The predicted molar refractivity (Wildman–Crippen MR) is 98.3 cm³/mol. The molecule has 2 heterocycles. The number of fused-ring (bicyclic) bond motifs is 1. The summed E-state index contributed by atoms with van der Waals surface area (Å²) >= 11 is 1.78. The molecule has 118 valence electrons. The van der Waals surface area contributed by atoms with Gasteiger partial charge in [0, 0.05) is 28.8 Å². The molecule has 1 aromatic heterocycles. The van der Waals surface area contributed by atoms with Gasteiger partial charge < -0.3 is 5.11 Å². The molecule has 0 spiro atoms. The lowest BCUT2D eigenvalue weighted by Crippen LogP contribution is -2.23. The van der Waals surface area contributed by atoms with Crippen molar-refractivity contribution in [1.82, 2.24) is 4.98 Å². The van der Waals surface area contributed by atoms with Crippen LogP contribution < -0.4 is 0 Å². The number of aliphatic imine (C=N–C) groups is 1. The van der Waals surface area contributed by atoms with Crippen molar-refractivity contribution in [3.8, 4) is 5.75 Å². The largest absolute Gasteiger partial charge is 0.507 e. The first-order valence-electron chi connectivity index (χ1n) is 7.84. The van der Waals surface area contributed by atoms with Gasteiger partial charge in [-0.1, -0.05) is 30.3 Å². The highest BCUT2D eigenvalue weighted by Gasteiger charge is 2.27. The van der Waals surface area contributed by atoms with Crippen molar-refractivity contribution in [1.29, 1.82) is 0 Å². The van der Waals surface area contributed by atoms with E-state index in [1.807, 2.05) is 60.8 Å². The minimum atomic E-state index is 0.114. The third kappa shape index (κ3) is 2.93. The van der Waals surface area contributed by atoms with E-state index in [2.05, 4.69) is 11.1 Å². The minimum Gasteiger partial charge on any atom is -0.507 e. The van der Waals surface area contributed by atoms with Gasteiger partial charge in [0.25, 0.3) is 0 Å². The summed E-state index contributed by atoms with van der Waals surface area (Å²) in [4.78, 5) is 10.5. The zero-order valence-corrected chi connectivity index (χ0v) is 13.8. The maximum Gasteiger partial charge on any atom is 0.124 e. The summed E-state index contributed by atoms with van der Waals surface area (Å²) in [5.74, 6) is 0.266. The van der Waals surface area contributed by atoms with E-state index in [1.165, 1.54) is 0 Å². The summed E-state index contributed by atoms with van der Waals surface area (Å²) in [5, 5.41) is 10.4. The Morgan fingerprint density at radius 1 is 0.917 bits per heavy atom. The number of rotatable bonds is 3. The van der Waals surface area contributed by atoms with Crippen molar-refractivity contribution in [3.05, 3.63) is 84.2 Å². The molecule has 2 aromatic carbocycles. The number of benzene rings is 2. The van der Waals surface area contributed by atoms with Gasteiger partial charge in [-0.05, 0) is 36.4 Å². The Hall–Kier alpha value is -2.59. The van der Waals surface area contributed by atoms with Crippen LogP contribution in [-0.2, 0) is 6.42 Å². The van der Waals surface area contributed by atoms with E-state index < -0.39 is 0 Å². The Balaban J connectivity index is 1.78. The number of aromatic nitrogens is 1. The smallest absolute Gasteiger partial charge is 0.124 e. The second kappa shape index (κ2) is 6.49. The molecular weight excluding hydrogens is 316 g/mol. The molecule has 0 bridgehead atoms. The van der Waals surface area contributed by atoms with Crippen molar-refractivity contribution >= 4 is 23.2 Å². The molecule has 24 heavy (non-hydrogen) atoms. The molecule has 1 unspecified atom stereocenters. The molecule has 0 saturated heterocycles. The molecule has 0 radical (unpaired) electrons. The normalized spacial score (nSPS) is 16.3. The van der Waals surface area contributed by atoms with Gasteiger partial charge in [0.15, 0.2) is 0 Å². The van der Waals surface area contributed by atoms with Gasteiger partial charge >= 0.3 is 0 Å². The first kappa shape index (κ1) is 15.0. The van der Waals surface area contributed by atoms with E-state index >= 15 is 0 Å². The first-order chi connectivity index (χ1) is 11.8. The molecule has 0 saturated carbocycles. The van der Waals surface area contributed by atoms with Gasteiger partial charge in [-0.3, -0.25) is 9.98 Å². The highest BCUT2D eigenvalue weighted by Crippen LogP contribution is 2.41. The monoisotopic (exact) mass is 332 g/mol. The maximum atomic E-state index is 10.3. The fourth-order valence-corrected chi connectivity index (χ4v) is 4.07. The Morgan fingerprint density at radius 3 is 2.54 bits per heavy atom. The Morgan fingerprint density at radius 2 is 1.71 bits per heavy atom. The molecule has 4 rings (SSSR count). The van der Waals surface area contributed by atoms with Gasteiger partial charge in [0.05, 0.1) is 16.6 Å². The average molecular weight is 332 g/mol. The van der Waals surface area contributed by atoms with Crippen molar-refractivity contribution in [2.75, 3.05) is 0 Å². The van der Waals surface area contributed by atoms with E-state index in [9.17, 15) is 5.11 Å². The van der Waals surface area contributed by atoms with Crippen LogP contribution in [0, 0.1) is 0 Å². The summed E-state index contributed by atoms with van der Waals surface area (Å²) < 4.78 is 0. The zero-order chi connectivity index (χ0) is 16.4. The molecule has 1 atom stereocenters. The number of hydrogen-bond donors (Lipinski definition) is 1. The summed E-state index contributed by atoms with van der Waals surface area (Å²) in [6, 6.07) is 21.5. The van der Waals surface area contributed by atoms with Crippen molar-refractivity contribution in [2.45, 2.75) is 16.6 Å². The van der Waals surface area contributed by atoms with Gasteiger partial charge in [-0.15, -0.1) is 11.8 Å². The molecular formula is C20H16N2OS. The van der Waals surface area contributed by atoms with E-state index in [0.717, 1.165) is 34.0 Å². The molecule has 4 heteroatoms. The molecule has 0 aliphatic carbocycles. The van der Waals surface area contributed by atoms with Gasteiger partial charge in [0.1, 0.15) is 5.75 Å². The summed E-state index contributed by atoms with van der Waals surface area (Å²) in [7, 11) is 0. The summed E-state index contributed by atoms with van der Waals surface area (Å²) in [6.45, 7) is 0. The Bertz CT molecular complexity index is 893. The molecule has 3 aromatic rings. The molecule has 1 aliphatic heterocycles. The lowest BCUT2D eigenvalue weighted by atomic mass is 10.0. The lowest BCUT2D eigenvalue weighted by molar-refractivity contribution is 0.474. The van der Waals surface area contributed by atoms with Crippen LogP contribution in [0.5, 0.6) is 5.75 Å². The molecule has 0 fully saturated rings. The average Bonchev–Trinajstić information content (AvgIpc) is 2.63. The zero-order valence-electron chi connectivity index (χ0n) is 13.0. The molecule has 1 N–H and O–H groups in total. The van der Waals surface area contributed by atoms with E-state index in [-0.39, 0.29) is 11.0 Å². The number of pyridine rings is 1. The number of phenolic OH excluding ortho intramolecular Hbond substituents is 1. The topological polar surface area (TPSA) is 45.5 Å². The van der Waals surface area contributed by atoms with Crippen molar-refractivity contribution < 1.29 is 5.11 Å². The minimum absolute atomic E-state index is 0.114. The van der Waals surface area contributed by atoms with Crippen LogP contribution in [0.1, 0.15) is 11.3 Å². The van der Waals surface area contributed by atoms with Crippen LogP contribution in [0.2, 0.25) is 0 Å². The SMILES string of the molecule is Oc1ccccc1C1=Nc2ccccc2SC1Cc1ccccn1. The van der Waals surface area contributed by atoms with Crippen molar-refractivity contribution in [2.24, 2.45) is 4.99 Å². The second-order valence-electron chi connectivity index (χ2n) is 5.61. The van der Waals surface area contributed by atoms with Crippen LogP contribution in [0.15, 0.2) is 82.8 Å². The van der Waals surface area contributed by atoms with Gasteiger partial charge in [-0.2, -0.15) is 0 Å². The predicted octanol–water partition coefficient (Wildman–Crippen LogP) is 4.63. The number of para-hydroxylation sites is 2. The number of nitrogens with zero attached hydrogens (tertiary/aromatic N) is 2. The fourth-order valence-electron chi connectivity index (χ4n) is 2.83. The molecule has 1 aliphatic rings. The lowest BCUT2D eigenvalue weighted by Gasteiger charge is -2.25. The Kier molecular flexibility index (Phi) is 4.05. The number of aromatic hydroxyl groups is 1. The van der Waals surface area contributed by atoms with Gasteiger partial charge in [0.2, 0.25) is 0 Å². The quantitative estimate of drug-likeness (QED) is 0.761. The second-order valence-corrected chi connectivity index (χ2v) is 6.86. The molecule has 0 amide bonds. The highest BCUT2D eigenvalue weighted by molar-refractivity contribution is 8.01. The van der Waals surface area contributed by atoms with Crippen LogP contribution in [0.25, 0.3) is 0 Å². The van der Waals surface area contributed by atoms with Crippen LogP contribution in [-0.4, -0.2) is 21.1 Å². The Labute approximate surface area is 145 Å². The van der Waals surface area contributed by atoms with Crippen molar-refractivity contribution in [3.63, 3.8) is 0 Å². The summed E-state index contributed by atoms with van der Waals surface area (Å²) in [6.07, 6.45) is 2.58. The number of hydrogen-bond acceptors (Lipinski definition) is 4. The maximum absolute atomic E-state index is 10.3. The van der Waals surface area contributed by atoms with E-state index in [4.69, 9.17) is 4.99 Å². The van der Waals surface area contributed by atoms with Gasteiger partial charge in [-0.25, -0.2) is 0 Å². The standard InChI is InChI=1S/C20H16N2OS/c23-17-10-3-1-8-15(17)20-19(13-14-7-5-6-12-21-14)24-18-11-4-2-9-16(18)22-20/h1-12,19,23H,13H2. The fraction of sp³-hybridized carbons (Fsp3) is 0.100. The van der Waals surface area contributed by atoms with E-state index in [1.54, 1.807) is 17.8 Å². The third-order valence-corrected chi connectivity index (χ3v) is 5.25. The van der Waals surface area contributed by atoms with Crippen LogP contribution >= 0.6 is 11.8 Å². The number of phenols is 1. The first-order valence-corrected chi connectivity index (χ1v) is 8.72. The van der Waals surface area contributed by atoms with E-state index in [0.29, 0.717) is 0 Å². The van der Waals surface area contributed by atoms with Crippen LogP contribution in [0.4, 0.5) is 5.69 Å². The number of thioether (sulfide) groups is 1.